The van der Waals surface area contributed by atoms with Gasteiger partial charge in [-0.1, -0.05) is 13.3 Å². The molecule has 1 fully saturated rings. The Morgan fingerprint density at radius 1 is 1.50 bits per heavy atom. The van der Waals surface area contributed by atoms with Crippen LogP contribution in [0.25, 0.3) is 0 Å². The van der Waals surface area contributed by atoms with Gasteiger partial charge in [-0.25, -0.2) is 0 Å². The highest BCUT2D eigenvalue weighted by Crippen LogP contribution is 2.31. The van der Waals surface area contributed by atoms with Crippen molar-refractivity contribution in [3.05, 3.63) is 0 Å². The number of hydrogen-bond donors (Lipinski definition) is 0. The summed E-state index contributed by atoms with van der Waals surface area (Å²) >= 11 is 1.83. The minimum Gasteiger partial charge on any atom is -0.269 e. The molecule has 0 N–H and O–H groups in total. The molecular formula is C9H18O3S2. The van der Waals surface area contributed by atoms with Crippen LogP contribution in [0.15, 0.2) is 0 Å². The van der Waals surface area contributed by atoms with Crippen LogP contribution in [0.2, 0.25) is 0 Å². The molecule has 3 nitrogen and oxygen atoms in total. The second kappa shape index (κ2) is 5.37. The van der Waals surface area contributed by atoms with Crippen molar-refractivity contribution in [2.75, 3.05) is 18.6 Å². The molecule has 1 saturated heterocycles. The molecule has 2 atom stereocenters. The van der Waals surface area contributed by atoms with Gasteiger partial charge in [-0.05, 0) is 24.5 Å². The molecule has 2 unspecified atom stereocenters. The highest BCUT2D eigenvalue weighted by molar-refractivity contribution is 8.00. The van der Waals surface area contributed by atoms with E-state index in [0.29, 0.717) is 11.9 Å². The summed E-state index contributed by atoms with van der Waals surface area (Å²) in [5.41, 5.74) is 0. The molecule has 0 amide bonds. The summed E-state index contributed by atoms with van der Waals surface area (Å²) < 4.78 is 26.4. The maximum atomic E-state index is 10.8. The fourth-order valence-corrected chi connectivity index (χ4v) is 3.52. The Balaban J connectivity index is 2.31. The smallest absolute Gasteiger partial charge is 0.264 e. The van der Waals surface area contributed by atoms with Crippen molar-refractivity contribution in [1.29, 1.82) is 0 Å². The van der Waals surface area contributed by atoms with Crippen LogP contribution in [0.4, 0.5) is 0 Å². The van der Waals surface area contributed by atoms with E-state index in [1.54, 1.807) is 0 Å². The lowest BCUT2D eigenvalue weighted by Crippen LogP contribution is -2.23. The first-order valence-electron chi connectivity index (χ1n) is 4.97. The first-order chi connectivity index (χ1) is 6.51. The van der Waals surface area contributed by atoms with E-state index in [9.17, 15) is 8.42 Å². The molecule has 0 aromatic carbocycles. The van der Waals surface area contributed by atoms with E-state index in [-0.39, 0.29) is 0 Å². The lowest BCUT2D eigenvalue weighted by atomic mass is 9.97. The van der Waals surface area contributed by atoms with E-state index in [0.717, 1.165) is 24.3 Å². The lowest BCUT2D eigenvalue weighted by molar-refractivity contribution is 0.296. The summed E-state index contributed by atoms with van der Waals surface area (Å²) in [7, 11) is -3.26. The quantitative estimate of drug-likeness (QED) is 0.701. The molecule has 1 aliphatic rings. The van der Waals surface area contributed by atoms with Crippen LogP contribution in [0.3, 0.4) is 0 Å². The minimum absolute atomic E-state index is 0.347. The third-order valence-corrected chi connectivity index (χ3v) is 4.36. The van der Waals surface area contributed by atoms with E-state index in [2.05, 4.69) is 6.92 Å². The largest absolute Gasteiger partial charge is 0.269 e. The molecule has 1 aliphatic heterocycles. The molecule has 0 aliphatic carbocycles. The van der Waals surface area contributed by atoms with Gasteiger partial charge in [0, 0.05) is 5.25 Å². The van der Waals surface area contributed by atoms with E-state index < -0.39 is 10.1 Å². The maximum absolute atomic E-state index is 10.8. The normalized spacial score (nSPS) is 29.0. The van der Waals surface area contributed by atoms with Gasteiger partial charge in [0.2, 0.25) is 0 Å². The number of hydrogen-bond acceptors (Lipinski definition) is 4. The van der Waals surface area contributed by atoms with Crippen LogP contribution in [0.1, 0.15) is 26.2 Å². The van der Waals surface area contributed by atoms with E-state index in [1.165, 1.54) is 12.8 Å². The van der Waals surface area contributed by atoms with Crippen molar-refractivity contribution >= 4 is 21.9 Å². The van der Waals surface area contributed by atoms with Crippen LogP contribution in [0, 0.1) is 5.92 Å². The van der Waals surface area contributed by atoms with Gasteiger partial charge in [-0.2, -0.15) is 20.2 Å². The van der Waals surface area contributed by atoms with Gasteiger partial charge in [0.15, 0.2) is 0 Å². The standard InChI is InChI=1S/C9H18O3S2/c1-3-8-4-5-13-9(6-8)7-12-14(2,10)11/h8-9H,3-7H2,1-2H3. The molecule has 0 radical (unpaired) electrons. The zero-order valence-electron chi connectivity index (χ0n) is 8.73. The molecule has 0 aromatic rings. The summed E-state index contributed by atoms with van der Waals surface area (Å²) in [6.45, 7) is 2.54. The molecule has 84 valence electrons. The lowest BCUT2D eigenvalue weighted by Gasteiger charge is -2.27. The Hall–Kier alpha value is 0.260. The Morgan fingerprint density at radius 3 is 2.79 bits per heavy atom. The summed E-state index contributed by atoms with van der Waals surface area (Å²) in [4.78, 5) is 0. The van der Waals surface area contributed by atoms with Crippen LogP contribution in [0.5, 0.6) is 0 Å². The molecule has 0 bridgehead atoms. The predicted octanol–water partition coefficient (Wildman–Crippen LogP) is 1.88. The van der Waals surface area contributed by atoms with Crippen molar-refractivity contribution in [3.63, 3.8) is 0 Å². The average molecular weight is 238 g/mol. The molecule has 14 heavy (non-hydrogen) atoms. The van der Waals surface area contributed by atoms with Gasteiger partial charge in [0.25, 0.3) is 10.1 Å². The van der Waals surface area contributed by atoms with E-state index >= 15 is 0 Å². The summed E-state index contributed by atoms with van der Waals surface area (Å²) in [5, 5.41) is 0.364. The summed E-state index contributed by atoms with van der Waals surface area (Å²) in [5.74, 6) is 1.89. The van der Waals surface area contributed by atoms with E-state index in [1.807, 2.05) is 11.8 Å². The van der Waals surface area contributed by atoms with Crippen molar-refractivity contribution in [2.45, 2.75) is 31.4 Å². The maximum Gasteiger partial charge on any atom is 0.264 e. The van der Waals surface area contributed by atoms with Gasteiger partial charge < -0.3 is 0 Å². The highest BCUT2D eigenvalue weighted by Gasteiger charge is 2.22. The van der Waals surface area contributed by atoms with Crippen LogP contribution < -0.4 is 0 Å². The molecular weight excluding hydrogens is 220 g/mol. The molecule has 1 rings (SSSR count). The summed E-state index contributed by atoms with van der Waals surface area (Å²) in [6.07, 6.45) is 4.65. The summed E-state index contributed by atoms with van der Waals surface area (Å²) in [6, 6.07) is 0. The zero-order chi connectivity index (χ0) is 10.6. The molecule has 1 heterocycles. The SMILES string of the molecule is CCC1CCSC(COS(C)(=O)=O)C1. The van der Waals surface area contributed by atoms with Gasteiger partial charge in [-0.15, -0.1) is 0 Å². The monoisotopic (exact) mass is 238 g/mol. The van der Waals surface area contributed by atoms with Gasteiger partial charge in [-0.3, -0.25) is 4.18 Å². The molecule has 5 heteroatoms. The van der Waals surface area contributed by atoms with Crippen molar-refractivity contribution < 1.29 is 12.6 Å². The first kappa shape index (κ1) is 12.3. The Bertz CT molecular complexity index is 261. The van der Waals surface area contributed by atoms with Gasteiger partial charge >= 0.3 is 0 Å². The first-order valence-corrected chi connectivity index (χ1v) is 7.83. The topological polar surface area (TPSA) is 43.4 Å². The predicted molar refractivity (Wildman–Crippen MR) is 60.1 cm³/mol. The zero-order valence-corrected chi connectivity index (χ0v) is 10.4. The third kappa shape index (κ3) is 4.66. The van der Waals surface area contributed by atoms with Crippen molar-refractivity contribution in [2.24, 2.45) is 5.92 Å². The van der Waals surface area contributed by atoms with Gasteiger partial charge in [0.1, 0.15) is 0 Å². The Morgan fingerprint density at radius 2 is 2.21 bits per heavy atom. The van der Waals surface area contributed by atoms with Crippen LogP contribution in [-0.2, 0) is 14.3 Å². The molecule has 0 spiro atoms. The average Bonchev–Trinajstić information content (AvgIpc) is 2.14. The fraction of sp³-hybridized carbons (Fsp3) is 1.00. The Labute approximate surface area is 90.7 Å². The minimum atomic E-state index is -3.26. The third-order valence-electron chi connectivity index (χ3n) is 2.52. The highest BCUT2D eigenvalue weighted by atomic mass is 32.2. The van der Waals surface area contributed by atoms with Crippen LogP contribution in [-0.4, -0.2) is 32.3 Å². The number of thioether (sulfide) groups is 1. The fourth-order valence-electron chi connectivity index (χ4n) is 1.65. The van der Waals surface area contributed by atoms with Crippen LogP contribution >= 0.6 is 11.8 Å². The number of rotatable bonds is 4. The second-order valence-electron chi connectivity index (χ2n) is 3.78. The van der Waals surface area contributed by atoms with Crippen molar-refractivity contribution in [1.82, 2.24) is 0 Å². The van der Waals surface area contributed by atoms with E-state index in [4.69, 9.17) is 4.18 Å². The Kier molecular flexibility index (Phi) is 4.73. The molecule has 0 saturated carbocycles. The van der Waals surface area contributed by atoms with Crippen molar-refractivity contribution in [3.8, 4) is 0 Å². The second-order valence-corrected chi connectivity index (χ2v) is 6.83. The molecule has 0 aromatic heterocycles. The van der Waals surface area contributed by atoms with Gasteiger partial charge in [0.05, 0.1) is 12.9 Å².